The van der Waals surface area contributed by atoms with E-state index in [0.29, 0.717) is 0 Å². The molecule has 1 aromatic carbocycles. The van der Waals surface area contributed by atoms with Gasteiger partial charge in [0, 0.05) is 31.2 Å². The summed E-state index contributed by atoms with van der Waals surface area (Å²) in [5.41, 5.74) is 2.01. The van der Waals surface area contributed by atoms with E-state index in [2.05, 4.69) is 4.98 Å². The molecule has 4 heteroatoms. The second kappa shape index (κ2) is 5.34. The quantitative estimate of drug-likeness (QED) is 0.918. The van der Waals surface area contributed by atoms with Gasteiger partial charge in [-0.3, -0.25) is 4.79 Å². The minimum Gasteiger partial charge on any atom is -0.496 e. The molecule has 2 rings (SSSR count). The van der Waals surface area contributed by atoms with Crippen molar-refractivity contribution in [2.75, 3.05) is 21.2 Å². The Labute approximate surface area is 113 Å². The van der Waals surface area contributed by atoms with Gasteiger partial charge in [-0.05, 0) is 24.1 Å². The summed E-state index contributed by atoms with van der Waals surface area (Å²) in [4.78, 5) is 17.1. The highest BCUT2D eigenvalue weighted by molar-refractivity contribution is 5.95. The lowest BCUT2D eigenvalue weighted by atomic mass is 9.94. The molecule has 0 bridgehead atoms. The molecule has 2 aromatic rings. The molecule has 1 atom stereocenters. The SMILES string of the molecule is CCC(C(=O)N(C)C)c1c[nH]c2cccc(OC)c12. The average Bonchev–Trinajstić information content (AvgIpc) is 2.83. The zero-order valence-corrected chi connectivity index (χ0v) is 11.9. The third kappa shape index (κ3) is 2.30. The Balaban J connectivity index is 2.58. The molecule has 0 radical (unpaired) electrons. The summed E-state index contributed by atoms with van der Waals surface area (Å²) >= 11 is 0. The lowest BCUT2D eigenvalue weighted by molar-refractivity contribution is -0.130. The first-order valence-corrected chi connectivity index (χ1v) is 6.45. The number of aromatic amines is 1. The first-order chi connectivity index (χ1) is 9.10. The minimum atomic E-state index is -0.139. The van der Waals surface area contributed by atoms with Crippen LogP contribution in [0.1, 0.15) is 24.8 Å². The summed E-state index contributed by atoms with van der Waals surface area (Å²) in [5.74, 6) is 0.785. The summed E-state index contributed by atoms with van der Waals surface area (Å²) in [5, 5.41) is 1.01. The van der Waals surface area contributed by atoms with Gasteiger partial charge in [-0.15, -0.1) is 0 Å². The van der Waals surface area contributed by atoms with Crippen molar-refractivity contribution in [3.05, 3.63) is 30.0 Å². The Morgan fingerprint density at radius 1 is 1.42 bits per heavy atom. The van der Waals surface area contributed by atoms with Crippen LogP contribution in [0.3, 0.4) is 0 Å². The van der Waals surface area contributed by atoms with Crippen molar-refractivity contribution in [2.24, 2.45) is 0 Å². The normalized spacial score (nSPS) is 12.4. The number of aromatic nitrogens is 1. The third-order valence-electron chi connectivity index (χ3n) is 3.44. The van der Waals surface area contributed by atoms with Crippen LogP contribution in [0.25, 0.3) is 10.9 Å². The van der Waals surface area contributed by atoms with E-state index in [1.165, 1.54) is 0 Å². The third-order valence-corrected chi connectivity index (χ3v) is 3.44. The fraction of sp³-hybridized carbons (Fsp3) is 0.400. The molecule has 4 nitrogen and oxygen atoms in total. The molecule has 0 aliphatic carbocycles. The maximum Gasteiger partial charge on any atom is 0.229 e. The highest BCUT2D eigenvalue weighted by Gasteiger charge is 2.24. The Kier molecular flexibility index (Phi) is 3.79. The molecule has 1 heterocycles. The van der Waals surface area contributed by atoms with E-state index in [1.807, 2.05) is 31.3 Å². The number of hydrogen-bond acceptors (Lipinski definition) is 2. The van der Waals surface area contributed by atoms with E-state index < -0.39 is 0 Å². The molecule has 0 spiro atoms. The van der Waals surface area contributed by atoms with Crippen LogP contribution in [0.5, 0.6) is 5.75 Å². The van der Waals surface area contributed by atoms with E-state index in [1.54, 1.807) is 26.1 Å². The lowest BCUT2D eigenvalue weighted by Crippen LogP contribution is -2.27. The highest BCUT2D eigenvalue weighted by atomic mass is 16.5. The molecule has 1 unspecified atom stereocenters. The van der Waals surface area contributed by atoms with Crippen LogP contribution in [-0.4, -0.2) is 37.0 Å². The zero-order chi connectivity index (χ0) is 14.0. The van der Waals surface area contributed by atoms with Gasteiger partial charge in [-0.1, -0.05) is 13.0 Å². The smallest absolute Gasteiger partial charge is 0.229 e. The second-order valence-corrected chi connectivity index (χ2v) is 4.82. The molecule has 0 aliphatic heterocycles. The maximum absolute atomic E-state index is 12.3. The second-order valence-electron chi connectivity index (χ2n) is 4.82. The number of H-pyrrole nitrogens is 1. The summed E-state index contributed by atoms with van der Waals surface area (Å²) < 4.78 is 5.42. The van der Waals surface area contributed by atoms with Crippen molar-refractivity contribution in [3.63, 3.8) is 0 Å². The van der Waals surface area contributed by atoms with Gasteiger partial charge in [0.25, 0.3) is 0 Å². The Bertz CT molecular complexity index is 587. The van der Waals surface area contributed by atoms with E-state index in [9.17, 15) is 4.79 Å². The zero-order valence-electron chi connectivity index (χ0n) is 11.9. The fourth-order valence-corrected chi connectivity index (χ4v) is 2.46. The van der Waals surface area contributed by atoms with Crippen LogP contribution in [0.2, 0.25) is 0 Å². The number of fused-ring (bicyclic) bond motifs is 1. The highest BCUT2D eigenvalue weighted by Crippen LogP contribution is 2.34. The summed E-state index contributed by atoms with van der Waals surface area (Å²) in [6.07, 6.45) is 2.69. The number of methoxy groups -OCH3 is 1. The van der Waals surface area contributed by atoms with Gasteiger partial charge < -0.3 is 14.6 Å². The van der Waals surface area contributed by atoms with Gasteiger partial charge in [0.2, 0.25) is 5.91 Å². The number of likely N-dealkylation sites (N-methyl/N-ethyl adjacent to an activating group) is 1. The van der Waals surface area contributed by atoms with Crippen LogP contribution in [0.15, 0.2) is 24.4 Å². The van der Waals surface area contributed by atoms with Gasteiger partial charge in [0.05, 0.1) is 13.0 Å². The van der Waals surface area contributed by atoms with Gasteiger partial charge in [-0.25, -0.2) is 0 Å². The molecule has 0 fully saturated rings. The van der Waals surface area contributed by atoms with E-state index in [4.69, 9.17) is 4.74 Å². The van der Waals surface area contributed by atoms with Crippen LogP contribution in [0, 0.1) is 0 Å². The largest absolute Gasteiger partial charge is 0.496 e. The standard InChI is InChI=1S/C15H20N2O2/c1-5-10(15(18)17(2)3)11-9-16-12-7-6-8-13(19-4)14(11)12/h6-10,16H,5H2,1-4H3. The molecule has 0 aliphatic rings. The number of benzene rings is 1. The van der Waals surface area contributed by atoms with Gasteiger partial charge >= 0.3 is 0 Å². The van der Waals surface area contributed by atoms with Crippen molar-refractivity contribution in [3.8, 4) is 5.75 Å². The van der Waals surface area contributed by atoms with Crippen molar-refractivity contribution in [2.45, 2.75) is 19.3 Å². The topological polar surface area (TPSA) is 45.3 Å². The number of carbonyl (C=O) groups excluding carboxylic acids is 1. The van der Waals surface area contributed by atoms with E-state index >= 15 is 0 Å². The van der Waals surface area contributed by atoms with Crippen molar-refractivity contribution in [1.29, 1.82) is 0 Å². The van der Waals surface area contributed by atoms with Gasteiger partial charge in [-0.2, -0.15) is 0 Å². The molecular weight excluding hydrogens is 240 g/mol. The van der Waals surface area contributed by atoms with Crippen LogP contribution in [0.4, 0.5) is 0 Å². The number of nitrogens with one attached hydrogen (secondary N) is 1. The minimum absolute atomic E-state index is 0.120. The first kappa shape index (κ1) is 13.5. The molecule has 1 aromatic heterocycles. The molecule has 102 valence electrons. The molecular formula is C15H20N2O2. The maximum atomic E-state index is 12.3. The number of amides is 1. The monoisotopic (exact) mass is 260 g/mol. The molecule has 0 saturated carbocycles. The lowest BCUT2D eigenvalue weighted by Gasteiger charge is -2.19. The summed E-state index contributed by atoms with van der Waals surface area (Å²) in [7, 11) is 5.23. The van der Waals surface area contributed by atoms with E-state index in [-0.39, 0.29) is 11.8 Å². The van der Waals surface area contributed by atoms with Crippen LogP contribution >= 0.6 is 0 Å². The average molecular weight is 260 g/mol. The molecule has 1 amide bonds. The number of ether oxygens (including phenoxy) is 1. The van der Waals surface area contributed by atoms with E-state index in [0.717, 1.165) is 28.6 Å². The number of carbonyl (C=O) groups is 1. The fourth-order valence-electron chi connectivity index (χ4n) is 2.46. The number of rotatable bonds is 4. The molecule has 0 saturated heterocycles. The number of nitrogens with zero attached hydrogens (tertiary/aromatic N) is 1. The Hall–Kier alpha value is -1.97. The first-order valence-electron chi connectivity index (χ1n) is 6.45. The Morgan fingerprint density at radius 3 is 2.74 bits per heavy atom. The van der Waals surface area contributed by atoms with Crippen molar-refractivity contribution in [1.82, 2.24) is 9.88 Å². The van der Waals surface area contributed by atoms with Gasteiger partial charge in [0.15, 0.2) is 0 Å². The van der Waals surface area contributed by atoms with Crippen molar-refractivity contribution < 1.29 is 9.53 Å². The van der Waals surface area contributed by atoms with Crippen molar-refractivity contribution >= 4 is 16.8 Å². The molecule has 19 heavy (non-hydrogen) atoms. The van der Waals surface area contributed by atoms with Gasteiger partial charge in [0.1, 0.15) is 5.75 Å². The summed E-state index contributed by atoms with van der Waals surface area (Å²) in [6.45, 7) is 2.03. The van der Waals surface area contributed by atoms with Crippen LogP contribution in [-0.2, 0) is 4.79 Å². The number of hydrogen-bond donors (Lipinski definition) is 1. The summed E-state index contributed by atoms with van der Waals surface area (Å²) in [6, 6.07) is 5.86. The predicted octanol–water partition coefficient (Wildman–Crippen LogP) is 2.76. The predicted molar refractivity (Wildman–Crippen MR) is 76.6 cm³/mol. The Morgan fingerprint density at radius 2 is 2.16 bits per heavy atom. The van der Waals surface area contributed by atoms with Crippen LogP contribution < -0.4 is 4.74 Å². The molecule has 1 N–H and O–H groups in total.